The van der Waals surface area contributed by atoms with Crippen molar-refractivity contribution in [1.29, 1.82) is 0 Å². The van der Waals surface area contributed by atoms with Crippen LogP contribution in [-0.4, -0.2) is 58.6 Å². The minimum atomic E-state index is 0. The van der Waals surface area contributed by atoms with Gasteiger partial charge in [-0.15, -0.1) is 24.0 Å². The molecule has 0 unspecified atom stereocenters. The van der Waals surface area contributed by atoms with Crippen molar-refractivity contribution >= 4 is 29.9 Å². The first kappa shape index (κ1) is 23.3. The number of hydrogen-bond donors (Lipinski definition) is 1. The summed E-state index contributed by atoms with van der Waals surface area (Å²) in [6, 6.07) is 11.9. The zero-order valence-corrected chi connectivity index (χ0v) is 20.3. The fraction of sp³-hybridized carbons (Fsp3) is 0.409. The summed E-state index contributed by atoms with van der Waals surface area (Å²) in [7, 11) is 0. The Kier molecular flexibility index (Phi) is 8.47. The van der Waals surface area contributed by atoms with E-state index in [0.717, 1.165) is 67.9 Å². The zero-order valence-electron chi connectivity index (χ0n) is 18.0. The van der Waals surface area contributed by atoms with Crippen molar-refractivity contribution < 1.29 is 8.94 Å². The Morgan fingerprint density at radius 3 is 2.58 bits per heavy atom. The maximum absolute atomic E-state index is 5.63. The third-order valence-corrected chi connectivity index (χ3v) is 5.03. The smallest absolute Gasteiger partial charge is 0.226 e. The molecule has 166 valence electrons. The monoisotopic (exact) mass is 536 g/mol. The molecule has 8 nitrogen and oxygen atoms in total. The van der Waals surface area contributed by atoms with Gasteiger partial charge in [0.05, 0.1) is 12.2 Å². The van der Waals surface area contributed by atoms with Gasteiger partial charge in [0.2, 0.25) is 5.89 Å². The van der Waals surface area contributed by atoms with Gasteiger partial charge in [-0.05, 0) is 26.0 Å². The molecule has 1 aromatic carbocycles. The Morgan fingerprint density at radius 1 is 1.13 bits per heavy atom. The summed E-state index contributed by atoms with van der Waals surface area (Å²) in [6.45, 7) is 9.88. The first-order valence-corrected chi connectivity index (χ1v) is 10.4. The zero-order chi connectivity index (χ0) is 20.8. The van der Waals surface area contributed by atoms with Crippen molar-refractivity contribution in [2.75, 3.05) is 32.7 Å². The van der Waals surface area contributed by atoms with E-state index < -0.39 is 0 Å². The second-order valence-electron chi connectivity index (χ2n) is 7.37. The van der Waals surface area contributed by atoms with Gasteiger partial charge in [-0.1, -0.05) is 23.4 Å². The van der Waals surface area contributed by atoms with Gasteiger partial charge in [0.15, 0.2) is 5.96 Å². The van der Waals surface area contributed by atoms with Gasteiger partial charge in [-0.3, -0.25) is 4.90 Å². The lowest BCUT2D eigenvalue weighted by Gasteiger charge is -2.36. The number of guanidine groups is 1. The first-order chi connectivity index (χ1) is 14.7. The molecule has 1 fully saturated rings. The number of oxazole rings is 1. The average Bonchev–Trinajstić information content (AvgIpc) is 3.41. The lowest BCUT2D eigenvalue weighted by atomic mass is 10.2. The van der Waals surface area contributed by atoms with E-state index in [4.69, 9.17) is 13.9 Å². The summed E-state index contributed by atoms with van der Waals surface area (Å²) in [6.07, 6.45) is 1.69. The van der Waals surface area contributed by atoms with Crippen LogP contribution in [0.15, 0.2) is 56.6 Å². The molecule has 1 N–H and O–H groups in total. The van der Waals surface area contributed by atoms with Crippen LogP contribution in [-0.2, 0) is 13.1 Å². The molecule has 0 amide bonds. The Labute approximate surface area is 199 Å². The van der Waals surface area contributed by atoms with Gasteiger partial charge in [0.1, 0.15) is 17.7 Å². The highest BCUT2D eigenvalue weighted by atomic mass is 127. The lowest BCUT2D eigenvalue weighted by molar-refractivity contribution is 0.169. The molecule has 1 aliphatic heterocycles. The predicted molar refractivity (Wildman–Crippen MR) is 130 cm³/mol. The molecule has 0 spiro atoms. The van der Waals surface area contributed by atoms with E-state index >= 15 is 0 Å². The lowest BCUT2D eigenvalue weighted by Crippen LogP contribution is -2.52. The van der Waals surface area contributed by atoms with Crippen molar-refractivity contribution in [3.8, 4) is 11.5 Å². The molecular formula is C22H29IN6O2. The molecule has 31 heavy (non-hydrogen) atoms. The van der Waals surface area contributed by atoms with Crippen LogP contribution in [0.5, 0.6) is 0 Å². The van der Waals surface area contributed by atoms with Crippen LogP contribution < -0.4 is 5.32 Å². The summed E-state index contributed by atoms with van der Waals surface area (Å²) in [5.41, 5.74) is 2.78. The standard InChI is InChI=1S/C22H28N6O2.HI/c1-3-23-22(24-14-20-16-29-21(25-20)18-7-5-4-6-8-18)28-11-9-27(10-12-28)15-19-13-17(2)30-26-19;/h4-8,13,16H,3,9-12,14-15H2,1-2H3,(H,23,24);1H. The summed E-state index contributed by atoms with van der Waals surface area (Å²) in [4.78, 5) is 14.1. The molecule has 0 radical (unpaired) electrons. The molecule has 0 saturated carbocycles. The van der Waals surface area contributed by atoms with Gasteiger partial charge in [-0.25, -0.2) is 9.98 Å². The molecule has 2 aromatic heterocycles. The Hall–Kier alpha value is -2.40. The van der Waals surface area contributed by atoms with Crippen LogP contribution in [0, 0.1) is 6.92 Å². The van der Waals surface area contributed by atoms with Gasteiger partial charge >= 0.3 is 0 Å². The van der Waals surface area contributed by atoms with Crippen LogP contribution in [0.1, 0.15) is 24.1 Å². The Morgan fingerprint density at radius 2 is 1.90 bits per heavy atom. The summed E-state index contributed by atoms with van der Waals surface area (Å²) in [5.74, 6) is 2.40. The SMILES string of the molecule is CCNC(=NCc1coc(-c2ccccc2)n1)N1CCN(Cc2cc(C)on2)CC1.I. The summed E-state index contributed by atoms with van der Waals surface area (Å²) < 4.78 is 10.8. The number of aliphatic imine (C=N–C) groups is 1. The summed E-state index contributed by atoms with van der Waals surface area (Å²) in [5, 5.41) is 7.50. The van der Waals surface area contributed by atoms with Crippen molar-refractivity contribution in [2.45, 2.75) is 26.9 Å². The molecule has 4 rings (SSSR count). The molecular weight excluding hydrogens is 507 g/mol. The van der Waals surface area contributed by atoms with E-state index in [1.807, 2.05) is 43.3 Å². The molecule has 0 atom stereocenters. The van der Waals surface area contributed by atoms with Gasteiger partial charge in [-0.2, -0.15) is 0 Å². The second-order valence-corrected chi connectivity index (χ2v) is 7.37. The number of hydrogen-bond acceptors (Lipinski definition) is 6. The highest BCUT2D eigenvalue weighted by Crippen LogP contribution is 2.18. The molecule has 1 saturated heterocycles. The van der Waals surface area contributed by atoms with Crippen molar-refractivity contribution in [2.24, 2.45) is 4.99 Å². The van der Waals surface area contributed by atoms with Crippen LogP contribution >= 0.6 is 24.0 Å². The number of piperazine rings is 1. The third-order valence-electron chi connectivity index (χ3n) is 5.03. The van der Waals surface area contributed by atoms with Gasteiger partial charge < -0.3 is 19.2 Å². The number of rotatable bonds is 6. The number of nitrogens with one attached hydrogen (secondary N) is 1. The van der Waals surface area contributed by atoms with Crippen molar-refractivity contribution in [3.05, 3.63) is 59.8 Å². The quantitative estimate of drug-likeness (QED) is 0.293. The Balaban J connectivity index is 0.00000272. The van der Waals surface area contributed by atoms with Crippen molar-refractivity contribution in [1.82, 2.24) is 25.3 Å². The van der Waals surface area contributed by atoms with Crippen LogP contribution in [0.2, 0.25) is 0 Å². The van der Waals surface area contributed by atoms with E-state index in [1.54, 1.807) is 6.26 Å². The largest absolute Gasteiger partial charge is 0.444 e. The Bertz CT molecular complexity index is 963. The van der Waals surface area contributed by atoms with Crippen LogP contribution in [0.4, 0.5) is 0 Å². The average molecular weight is 536 g/mol. The fourth-order valence-corrected chi connectivity index (χ4v) is 3.51. The number of aromatic nitrogens is 2. The van der Waals surface area contributed by atoms with E-state index in [-0.39, 0.29) is 24.0 Å². The molecule has 0 bridgehead atoms. The van der Waals surface area contributed by atoms with Crippen molar-refractivity contribution in [3.63, 3.8) is 0 Å². The molecule has 0 aliphatic carbocycles. The molecule has 3 aromatic rings. The first-order valence-electron chi connectivity index (χ1n) is 10.4. The molecule has 9 heteroatoms. The van der Waals surface area contributed by atoms with Crippen LogP contribution in [0.3, 0.4) is 0 Å². The normalized spacial score (nSPS) is 15.0. The molecule has 3 heterocycles. The minimum Gasteiger partial charge on any atom is -0.444 e. The fourth-order valence-electron chi connectivity index (χ4n) is 3.51. The molecule has 1 aliphatic rings. The van der Waals surface area contributed by atoms with Crippen LogP contribution in [0.25, 0.3) is 11.5 Å². The predicted octanol–water partition coefficient (Wildman–Crippen LogP) is 3.54. The third kappa shape index (κ3) is 6.30. The van der Waals surface area contributed by atoms with E-state index in [2.05, 4.69) is 32.2 Å². The topological polar surface area (TPSA) is 82.9 Å². The second kappa shape index (κ2) is 11.3. The number of halogens is 1. The summed E-state index contributed by atoms with van der Waals surface area (Å²) >= 11 is 0. The number of nitrogens with zero attached hydrogens (tertiary/aromatic N) is 5. The van der Waals surface area contributed by atoms with Gasteiger partial charge in [0, 0.05) is 50.9 Å². The highest BCUT2D eigenvalue weighted by molar-refractivity contribution is 14.0. The van der Waals surface area contributed by atoms with E-state index in [0.29, 0.717) is 12.4 Å². The maximum atomic E-state index is 5.63. The maximum Gasteiger partial charge on any atom is 0.226 e. The number of benzene rings is 1. The van der Waals surface area contributed by atoms with E-state index in [9.17, 15) is 0 Å². The van der Waals surface area contributed by atoms with Gasteiger partial charge in [0.25, 0.3) is 0 Å². The van der Waals surface area contributed by atoms with E-state index in [1.165, 1.54) is 0 Å². The number of aryl methyl sites for hydroxylation is 1. The highest BCUT2D eigenvalue weighted by Gasteiger charge is 2.20. The minimum absolute atomic E-state index is 0.